The molecule has 1 rings (SSSR count). The van der Waals surface area contributed by atoms with Crippen molar-refractivity contribution in [2.45, 2.75) is 51.0 Å². The largest absolute Gasteiger partial charge is 0.456 e. The van der Waals surface area contributed by atoms with Gasteiger partial charge in [-0.05, 0) is 32.4 Å². The van der Waals surface area contributed by atoms with Crippen LogP contribution >= 0.6 is 0 Å². The molecule has 0 radical (unpaired) electrons. The molecule has 0 aromatic heterocycles. The van der Waals surface area contributed by atoms with Crippen LogP contribution in [0.4, 0.5) is 0 Å². The predicted molar refractivity (Wildman–Crippen MR) is 91.3 cm³/mol. The number of ether oxygens (including phenoxy) is 1. The Balaban J connectivity index is 2.40. The molecule has 7 heteroatoms. The number of benzene rings is 1. The summed E-state index contributed by atoms with van der Waals surface area (Å²) in [6, 6.07) is 6.44. The van der Waals surface area contributed by atoms with Crippen molar-refractivity contribution < 1.29 is 22.7 Å². The molecule has 1 aromatic rings. The number of carbonyl (C=O) groups is 2. The second-order valence-corrected chi connectivity index (χ2v) is 7.91. The highest BCUT2D eigenvalue weighted by molar-refractivity contribution is 7.91. The summed E-state index contributed by atoms with van der Waals surface area (Å²) in [5.74, 6) is -1.43. The zero-order chi connectivity index (χ0) is 18.2. The minimum Gasteiger partial charge on any atom is -0.456 e. The first-order chi connectivity index (χ1) is 11.2. The zero-order valence-corrected chi connectivity index (χ0v) is 15.2. The number of nitrogens with one attached hydrogen (secondary N) is 1. The summed E-state index contributed by atoms with van der Waals surface area (Å²) in [4.78, 5) is 23.4. The standard InChI is InChI=1S/C17H25NO5S/c1-4-5-14(3)18-16(19)12-23-17(20)10-11-24(21,22)15-8-6-13(2)7-9-15/h6-9,14H,4-5,10-12H2,1-3H3,(H,18,19). The van der Waals surface area contributed by atoms with Crippen LogP contribution in [0.1, 0.15) is 38.7 Å². The molecule has 0 aliphatic carbocycles. The minimum absolute atomic E-state index is 0.0168. The van der Waals surface area contributed by atoms with E-state index < -0.39 is 22.4 Å². The van der Waals surface area contributed by atoms with Crippen LogP contribution in [-0.4, -0.2) is 38.7 Å². The molecule has 0 heterocycles. The normalized spacial score (nSPS) is 12.5. The Kier molecular flexibility index (Phi) is 7.91. The predicted octanol–water partition coefficient (Wildman–Crippen LogP) is 2.01. The first-order valence-electron chi connectivity index (χ1n) is 7.99. The van der Waals surface area contributed by atoms with E-state index in [1.807, 2.05) is 20.8 Å². The van der Waals surface area contributed by atoms with Crippen LogP contribution in [-0.2, 0) is 24.2 Å². The Morgan fingerprint density at radius 1 is 1.21 bits per heavy atom. The maximum atomic E-state index is 12.1. The molecular weight excluding hydrogens is 330 g/mol. The Bertz CT molecular complexity index is 652. The van der Waals surface area contributed by atoms with E-state index in [0.29, 0.717) is 0 Å². The van der Waals surface area contributed by atoms with Gasteiger partial charge in [-0.1, -0.05) is 31.0 Å². The third-order valence-corrected chi connectivity index (χ3v) is 5.18. The van der Waals surface area contributed by atoms with Gasteiger partial charge in [0.15, 0.2) is 16.4 Å². The van der Waals surface area contributed by atoms with E-state index in [1.165, 1.54) is 12.1 Å². The van der Waals surface area contributed by atoms with Crippen LogP contribution in [0.15, 0.2) is 29.2 Å². The monoisotopic (exact) mass is 355 g/mol. The Morgan fingerprint density at radius 2 is 1.83 bits per heavy atom. The average molecular weight is 355 g/mol. The molecule has 134 valence electrons. The van der Waals surface area contributed by atoms with Gasteiger partial charge in [0.1, 0.15) is 0 Å². The summed E-state index contributed by atoms with van der Waals surface area (Å²) in [7, 11) is -3.54. The van der Waals surface area contributed by atoms with Gasteiger partial charge in [0.2, 0.25) is 0 Å². The van der Waals surface area contributed by atoms with Gasteiger partial charge in [-0.2, -0.15) is 0 Å². The third kappa shape index (κ3) is 7.12. The lowest BCUT2D eigenvalue weighted by Crippen LogP contribution is -2.35. The van der Waals surface area contributed by atoms with E-state index >= 15 is 0 Å². The zero-order valence-electron chi connectivity index (χ0n) is 14.4. The van der Waals surface area contributed by atoms with Gasteiger partial charge in [-0.25, -0.2) is 8.42 Å². The second kappa shape index (κ2) is 9.42. The van der Waals surface area contributed by atoms with Crippen molar-refractivity contribution in [3.8, 4) is 0 Å². The smallest absolute Gasteiger partial charge is 0.307 e. The summed E-state index contributed by atoms with van der Waals surface area (Å²) in [6.45, 7) is 5.35. The average Bonchev–Trinajstić information content (AvgIpc) is 2.51. The minimum atomic E-state index is -3.54. The van der Waals surface area contributed by atoms with Crippen molar-refractivity contribution in [2.24, 2.45) is 0 Å². The molecule has 1 N–H and O–H groups in total. The lowest BCUT2D eigenvalue weighted by Gasteiger charge is -2.12. The molecule has 0 aliphatic rings. The molecule has 24 heavy (non-hydrogen) atoms. The molecule has 0 bridgehead atoms. The number of rotatable bonds is 9. The van der Waals surface area contributed by atoms with Gasteiger partial charge >= 0.3 is 5.97 Å². The molecule has 0 spiro atoms. The molecule has 0 saturated heterocycles. The van der Waals surface area contributed by atoms with Crippen molar-refractivity contribution in [2.75, 3.05) is 12.4 Å². The molecule has 6 nitrogen and oxygen atoms in total. The quantitative estimate of drug-likeness (QED) is 0.684. The number of amides is 1. The van der Waals surface area contributed by atoms with Crippen molar-refractivity contribution in [1.29, 1.82) is 0 Å². The Labute approximate surface area is 143 Å². The fraction of sp³-hybridized carbons (Fsp3) is 0.529. The van der Waals surface area contributed by atoms with E-state index in [0.717, 1.165) is 18.4 Å². The molecule has 0 saturated carbocycles. The number of esters is 1. The first kappa shape index (κ1) is 20.2. The Hall–Kier alpha value is -1.89. The van der Waals surface area contributed by atoms with Crippen LogP contribution in [0.2, 0.25) is 0 Å². The topological polar surface area (TPSA) is 89.5 Å². The number of carbonyl (C=O) groups excluding carboxylic acids is 2. The van der Waals surface area contributed by atoms with Crippen LogP contribution in [0.25, 0.3) is 0 Å². The summed E-state index contributed by atoms with van der Waals surface area (Å²) in [6.07, 6.45) is 1.50. The third-order valence-electron chi connectivity index (χ3n) is 3.45. The summed E-state index contributed by atoms with van der Waals surface area (Å²) >= 11 is 0. The molecule has 1 unspecified atom stereocenters. The molecule has 1 amide bonds. The highest BCUT2D eigenvalue weighted by Gasteiger charge is 2.17. The SMILES string of the molecule is CCCC(C)NC(=O)COC(=O)CCS(=O)(=O)c1ccc(C)cc1. The van der Waals surface area contributed by atoms with E-state index in [2.05, 4.69) is 5.32 Å². The number of sulfone groups is 1. The van der Waals surface area contributed by atoms with Crippen molar-refractivity contribution in [1.82, 2.24) is 5.32 Å². The summed E-state index contributed by atoms with van der Waals surface area (Å²) in [5.41, 5.74) is 0.955. The van der Waals surface area contributed by atoms with Crippen molar-refractivity contribution in [3.63, 3.8) is 0 Å². The van der Waals surface area contributed by atoms with E-state index in [4.69, 9.17) is 4.74 Å². The Morgan fingerprint density at radius 3 is 2.42 bits per heavy atom. The first-order valence-corrected chi connectivity index (χ1v) is 9.64. The number of aryl methyl sites for hydroxylation is 1. The van der Waals surface area contributed by atoms with Crippen LogP contribution in [0, 0.1) is 6.92 Å². The van der Waals surface area contributed by atoms with Gasteiger partial charge in [0.25, 0.3) is 5.91 Å². The van der Waals surface area contributed by atoms with E-state index in [1.54, 1.807) is 12.1 Å². The van der Waals surface area contributed by atoms with Gasteiger partial charge < -0.3 is 10.1 Å². The maximum absolute atomic E-state index is 12.1. The lowest BCUT2D eigenvalue weighted by atomic mass is 10.2. The van der Waals surface area contributed by atoms with Gasteiger partial charge in [0, 0.05) is 6.04 Å². The molecule has 0 fully saturated rings. The maximum Gasteiger partial charge on any atom is 0.307 e. The highest BCUT2D eigenvalue weighted by atomic mass is 32.2. The van der Waals surface area contributed by atoms with Crippen LogP contribution < -0.4 is 5.32 Å². The molecular formula is C17H25NO5S. The van der Waals surface area contributed by atoms with Crippen LogP contribution in [0.5, 0.6) is 0 Å². The fourth-order valence-electron chi connectivity index (χ4n) is 2.12. The van der Waals surface area contributed by atoms with Gasteiger partial charge in [-0.15, -0.1) is 0 Å². The molecule has 0 aliphatic heterocycles. The van der Waals surface area contributed by atoms with E-state index in [-0.39, 0.29) is 29.0 Å². The summed E-state index contributed by atoms with van der Waals surface area (Å²) < 4.78 is 29.1. The van der Waals surface area contributed by atoms with Gasteiger partial charge in [0.05, 0.1) is 17.1 Å². The van der Waals surface area contributed by atoms with Gasteiger partial charge in [-0.3, -0.25) is 9.59 Å². The van der Waals surface area contributed by atoms with Crippen molar-refractivity contribution >= 4 is 21.7 Å². The van der Waals surface area contributed by atoms with Crippen LogP contribution in [0.3, 0.4) is 0 Å². The highest BCUT2D eigenvalue weighted by Crippen LogP contribution is 2.13. The van der Waals surface area contributed by atoms with E-state index in [9.17, 15) is 18.0 Å². The van der Waals surface area contributed by atoms with Crippen molar-refractivity contribution in [3.05, 3.63) is 29.8 Å². The molecule has 1 atom stereocenters. The second-order valence-electron chi connectivity index (χ2n) is 5.80. The fourth-order valence-corrected chi connectivity index (χ4v) is 3.34. The summed E-state index contributed by atoms with van der Waals surface area (Å²) in [5, 5.41) is 2.71. The lowest BCUT2D eigenvalue weighted by molar-refractivity contribution is -0.148. The number of hydrogen-bond acceptors (Lipinski definition) is 5. The number of hydrogen-bond donors (Lipinski definition) is 1. The molecule has 1 aromatic carbocycles.